The number of likely N-dealkylation sites (tertiary alicyclic amines) is 1. The molecule has 1 heterocycles. The standard InChI is InChI=1S/C11H17NO2S/c13-10-8-7-9(8)11(14)12(10)5-3-1-2-4-6-15/h8-9,15H,1-7H2. The zero-order valence-corrected chi connectivity index (χ0v) is 9.71. The molecule has 2 amide bonds. The summed E-state index contributed by atoms with van der Waals surface area (Å²) in [6.07, 6.45) is 5.12. The van der Waals surface area contributed by atoms with E-state index in [2.05, 4.69) is 12.6 Å². The second-order valence-electron chi connectivity index (χ2n) is 4.41. The minimum Gasteiger partial charge on any atom is -0.282 e. The molecule has 1 aliphatic heterocycles. The van der Waals surface area contributed by atoms with Gasteiger partial charge >= 0.3 is 0 Å². The molecule has 4 heteroatoms. The van der Waals surface area contributed by atoms with Crippen molar-refractivity contribution in [3.05, 3.63) is 0 Å². The Morgan fingerprint density at radius 2 is 1.67 bits per heavy atom. The Hall–Kier alpha value is -0.510. The van der Waals surface area contributed by atoms with E-state index in [4.69, 9.17) is 0 Å². The van der Waals surface area contributed by atoms with Crippen LogP contribution in [0.5, 0.6) is 0 Å². The van der Waals surface area contributed by atoms with E-state index in [0.717, 1.165) is 37.9 Å². The molecule has 2 fully saturated rings. The van der Waals surface area contributed by atoms with Crippen LogP contribution in [0.3, 0.4) is 0 Å². The van der Waals surface area contributed by atoms with Gasteiger partial charge in [-0.2, -0.15) is 12.6 Å². The summed E-state index contributed by atoms with van der Waals surface area (Å²) < 4.78 is 0. The Morgan fingerprint density at radius 3 is 2.27 bits per heavy atom. The van der Waals surface area contributed by atoms with Gasteiger partial charge in [-0.05, 0) is 25.0 Å². The summed E-state index contributed by atoms with van der Waals surface area (Å²) in [5.74, 6) is 1.22. The van der Waals surface area contributed by atoms with Crippen molar-refractivity contribution in [3.8, 4) is 0 Å². The molecule has 2 atom stereocenters. The quantitative estimate of drug-likeness (QED) is 0.424. The van der Waals surface area contributed by atoms with E-state index in [-0.39, 0.29) is 23.7 Å². The highest BCUT2D eigenvalue weighted by Crippen LogP contribution is 2.46. The van der Waals surface area contributed by atoms with Gasteiger partial charge in [0.15, 0.2) is 0 Å². The maximum Gasteiger partial charge on any atom is 0.233 e. The van der Waals surface area contributed by atoms with E-state index in [0.29, 0.717) is 6.54 Å². The van der Waals surface area contributed by atoms with Crippen molar-refractivity contribution in [2.75, 3.05) is 12.3 Å². The fraction of sp³-hybridized carbons (Fsp3) is 0.818. The second kappa shape index (κ2) is 4.56. The minimum atomic E-state index is 0.0648. The molecule has 0 aromatic heterocycles. The molecular formula is C11H17NO2S. The molecule has 0 spiro atoms. The van der Waals surface area contributed by atoms with Crippen LogP contribution in [0.1, 0.15) is 32.1 Å². The number of nitrogens with zero attached hydrogens (tertiary/aromatic N) is 1. The highest BCUT2D eigenvalue weighted by atomic mass is 32.1. The summed E-state index contributed by atoms with van der Waals surface area (Å²) in [6.45, 7) is 0.636. The summed E-state index contributed by atoms with van der Waals surface area (Å²) in [4.78, 5) is 24.6. The Kier molecular flexibility index (Phi) is 3.34. The third-order valence-electron chi connectivity index (χ3n) is 3.25. The lowest BCUT2D eigenvalue weighted by atomic mass is 10.2. The molecule has 0 radical (unpaired) electrons. The zero-order chi connectivity index (χ0) is 10.8. The van der Waals surface area contributed by atoms with Crippen molar-refractivity contribution in [2.24, 2.45) is 11.8 Å². The van der Waals surface area contributed by atoms with E-state index in [1.54, 1.807) is 0 Å². The van der Waals surface area contributed by atoms with Crippen LogP contribution < -0.4 is 0 Å². The van der Waals surface area contributed by atoms with Crippen molar-refractivity contribution < 1.29 is 9.59 Å². The lowest BCUT2D eigenvalue weighted by molar-refractivity contribution is -0.141. The van der Waals surface area contributed by atoms with Crippen molar-refractivity contribution in [1.82, 2.24) is 4.90 Å². The predicted octanol–water partition coefficient (Wildman–Crippen LogP) is 1.48. The molecule has 0 aromatic rings. The van der Waals surface area contributed by atoms with E-state index >= 15 is 0 Å². The van der Waals surface area contributed by atoms with Gasteiger partial charge in [0.1, 0.15) is 0 Å². The fourth-order valence-corrected chi connectivity index (χ4v) is 2.43. The SMILES string of the molecule is O=C1C2CC2C(=O)N1CCCCCCS. The number of fused-ring (bicyclic) bond motifs is 1. The molecular weight excluding hydrogens is 210 g/mol. The van der Waals surface area contributed by atoms with Crippen LogP contribution in [0.2, 0.25) is 0 Å². The smallest absolute Gasteiger partial charge is 0.233 e. The van der Waals surface area contributed by atoms with Gasteiger partial charge < -0.3 is 0 Å². The number of carbonyl (C=O) groups is 2. The lowest BCUT2D eigenvalue weighted by Gasteiger charge is -2.15. The molecule has 15 heavy (non-hydrogen) atoms. The van der Waals surface area contributed by atoms with Gasteiger partial charge in [0, 0.05) is 6.54 Å². The average Bonchev–Trinajstić information content (AvgIpc) is 2.97. The molecule has 1 saturated heterocycles. The Morgan fingerprint density at radius 1 is 1.07 bits per heavy atom. The van der Waals surface area contributed by atoms with Gasteiger partial charge in [-0.15, -0.1) is 0 Å². The minimum absolute atomic E-state index is 0.0648. The zero-order valence-electron chi connectivity index (χ0n) is 8.82. The molecule has 84 valence electrons. The number of hydrogen-bond acceptors (Lipinski definition) is 3. The number of rotatable bonds is 6. The number of thiol groups is 1. The number of amides is 2. The van der Waals surface area contributed by atoms with Crippen molar-refractivity contribution in [1.29, 1.82) is 0 Å². The maximum absolute atomic E-state index is 11.6. The van der Waals surface area contributed by atoms with E-state index in [9.17, 15) is 9.59 Å². The summed E-state index contributed by atoms with van der Waals surface area (Å²) in [5.41, 5.74) is 0. The summed E-state index contributed by atoms with van der Waals surface area (Å²) in [6, 6.07) is 0. The van der Waals surface area contributed by atoms with Gasteiger partial charge in [-0.25, -0.2) is 0 Å². The molecule has 1 aliphatic carbocycles. The third kappa shape index (κ3) is 2.19. The van der Waals surface area contributed by atoms with Gasteiger partial charge in [-0.3, -0.25) is 14.5 Å². The molecule has 2 unspecified atom stereocenters. The molecule has 3 nitrogen and oxygen atoms in total. The van der Waals surface area contributed by atoms with E-state index in [1.165, 1.54) is 4.90 Å². The number of imide groups is 1. The lowest BCUT2D eigenvalue weighted by Crippen LogP contribution is -2.33. The van der Waals surface area contributed by atoms with Crippen LogP contribution >= 0.6 is 12.6 Å². The first-order valence-electron chi connectivity index (χ1n) is 5.72. The van der Waals surface area contributed by atoms with E-state index in [1.807, 2.05) is 0 Å². The molecule has 0 bridgehead atoms. The van der Waals surface area contributed by atoms with Crippen LogP contribution in [0.4, 0.5) is 0 Å². The number of unbranched alkanes of at least 4 members (excludes halogenated alkanes) is 3. The monoisotopic (exact) mass is 227 g/mol. The fourth-order valence-electron chi connectivity index (χ4n) is 2.21. The topological polar surface area (TPSA) is 37.4 Å². The molecule has 0 N–H and O–H groups in total. The molecule has 2 aliphatic rings. The van der Waals surface area contributed by atoms with Crippen LogP contribution in [-0.4, -0.2) is 29.0 Å². The van der Waals surface area contributed by atoms with Gasteiger partial charge in [0.25, 0.3) is 0 Å². The normalized spacial score (nSPS) is 28.5. The van der Waals surface area contributed by atoms with Crippen LogP contribution in [0.15, 0.2) is 0 Å². The maximum atomic E-state index is 11.6. The number of piperidine rings is 1. The largest absolute Gasteiger partial charge is 0.282 e. The van der Waals surface area contributed by atoms with Crippen molar-refractivity contribution >= 4 is 24.4 Å². The highest BCUT2D eigenvalue weighted by molar-refractivity contribution is 7.80. The molecule has 1 saturated carbocycles. The Labute approximate surface area is 95.6 Å². The average molecular weight is 227 g/mol. The Balaban J connectivity index is 1.67. The van der Waals surface area contributed by atoms with Gasteiger partial charge in [0.05, 0.1) is 11.8 Å². The van der Waals surface area contributed by atoms with Gasteiger partial charge in [0.2, 0.25) is 11.8 Å². The van der Waals surface area contributed by atoms with Crippen LogP contribution in [-0.2, 0) is 9.59 Å². The first-order chi connectivity index (χ1) is 7.25. The highest BCUT2D eigenvalue weighted by Gasteiger charge is 2.58. The molecule has 2 rings (SSSR count). The van der Waals surface area contributed by atoms with Gasteiger partial charge in [-0.1, -0.05) is 12.8 Å². The second-order valence-corrected chi connectivity index (χ2v) is 4.86. The van der Waals surface area contributed by atoms with Crippen molar-refractivity contribution in [2.45, 2.75) is 32.1 Å². The van der Waals surface area contributed by atoms with Crippen LogP contribution in [0, 0.1) is 11.8 Å². The first-order valence-corrected chi connectivity index (χ1v) is 6.35. The van der Waals surface area contributed by atoms with E-state index < -0.39 is 0 Å². The third-order valence-corrected chi connectivity index (χ3v) is 3.56. The number of hydrogen-bond donors (Lipinski definition) is 1. The summed E-state index contributed by atoms with van der Waals surface area (Å²) in [7, 11) is 0. The van der Waals surface area contributed by atoms with Crippen LogP contribution in [0.25, 0.3) is 0 Å². The summed E-state index contributed by atoms with van der Waals surface area (Å²) in [5, 5.41) is 0. The number of carbonyl (C=O) groups excluding carboxylic acids is 2. The Bertz CT molecular complexity index is 260. The van der Waals surface area contributed by atoms with Crippen molar-refractivity contribution in [3.63, 3.8) is 0 Å². The summed E-state index contributed by atoms with van der Waals surface area (Å²) >= 11 is 4.14. The first kappa shape index (κ1) is 11.0. The predicted molar refractivity (Wildman–Crippen MR) is 60.6 cm³/mol. The molecule has 0 aromatic carbocycles.